The Kier molecular flexibility index (Phi) is 3.65. The monoisotopic (exact) mass is 370 g/mol. The molecule has 0 amide bonds. The summed E-state index contributed by atoms with van der Waals surface area (Å²) < 4.78 is 12.7. The Balaban J connectivity index is 1.78. The van der Waals surface area contributed by atoms with E-state index < -0.39 is 0 Å². The highest BCUT2D eigenvalue weighted by Crippen LogP contribution is 2.31. The van der Waals surface area contributed by atoms with Crippen molar-refractivity contribution in [3.8, 4) is 28.8 Å². The Bertz CT molecular complexity index is 1330. The largest absolute Gasteiger partial charge is 0.438 e. The molecule has 136 valence electrons. The van der Waals surface area contributed by atoms with E-state index >= 15 is 0 Å². The molecule has 0 saturated carbocycles. The Morgan fingerprint density at radius 3 is 2.71 bits per heavy atom. The molecule has 0 aliphatic carbocycles. The lowest BCUT2D eigenvalue weighted by Crippen LogP contribution is -2.19. The molecular weight excluding hydrogens is 356 g/mol. The third-order valence-electron chi connectivity index (χ3n) is 4.46. The van der Waals surface area contributed by atoms with E-state index in [2.05, 4.69) is 15.0 Å². The van der Waals surface area contributed by atoms with Gasteiger partial charge in [0.25, 0.3) is 11.4 Å². The molecule has 28 heavy (non-hydrogen) atoms. The summed E-state index contributed by atoms with van der Waals surface area (Å²) in [5.74, 6) is 1.46. The number of pyridine rings is 2. The van der Waals surface area contributed by atoms with Crippen LogP contribution in [0.1, 0.15) is 5.56 Å². The summed E-state index contributed by atoms with van der Waals surface area (Å²) in [6.45, 7) is 2.00. The predicted molar refractivity (Wildman–Crippen MR) is 103 cm³/mol. The van der Waals surface area contributed by atoms with E-state index in [-0.39, 0.29) is 11.4 Å². The average Bonchev–Trinajstić information content (AvgIpc) is 3.39. The fraction of sp³-hybridized carbons (Fsp3) is 0.0476. The highest BCUT2D eigenvalue weighted by Gasteiger charge is 2.21. The molecule has 4 aromatic heterocycles. The number of benzene rings is 1. The van der Waals surface area contributed by atoms with Gasteiger partial charge in [-0.2, -0.15) is 4.98 Å². The quantitative estimate of drug-likeness (QED) is 0.477. The Labute approximate surface area is 158 Å². The smallest absolute Gasteiger partial charge is 0.282 e. The second-order valence-corrected chi connectivity index (χ2v) is 6.34. The fourth-order valence-electron chi connectivity index (χ4n) is 3.03. The molecule has 7 nitrogen and oxygen atoms in total. The minimum atomic E-state index is -0.274. The van der Waals surface area contributed by atoms with Gasteiger partial charge in [-0.3, -0.25) is 14.3 Å². The molecule has 0 unspecified atom stereocenters. The molecule has 0 bridgehead atoms. The molecule has 0 fully saturated rings. The maximum Gasteiger partial charge on any atom is 0.282 e. The number of hydrogen-bond donors (Lipinski definition) is 0. The molecule has 1 aromatic carbocycles. The normalized spacial score (nSPS) is 11.2. The summed E-state index contributed by atoms with van der Waals surface area (Å²) in [4.78, 5) is 25.7. The second kappa shape index (κ2) is 6.31. The van der Waals surface area contributed by atoms with Crippen LogP contribution < -0.4 is 5.56 Å². The highest BCUT2D eigenvalue weighted by atomic mass is 16.4. The van der Waals surface area contributed by atoms with Crippen LogP contribution in [-0.2, 0) is 0 Å². The van der Waals surface area contributed by atoms with Crippen LogP contribution in [0.4, 0.5) is 0 Å². The van der Waals surface area contributed by atoms with Crippen molar-refractivity contribution in [2.75, 3.05) is 0 Å². The first-order valence-corrected chi connectivity index (χ1v) is 8.64. The summed E-state index contributed by atoms with van der Waals surface area (Å²) in [6.07, 6.45) is 6.08. The standard InChI is InChI=1S/C21H14N4O3/c1-13-4-6-15(7-5-13)18-19(24-20(28-18)16-11-22-12-27-16)25-10-8-14-3-2-9-23-17(14)21(25)26/h2-12H,1H3. The number of aryl methyl sites for hydroxylation is 1. The van der Waals surface area contributed by atoms with Gasteiger partial charge in [0.05, 0.1) is 6.20 Å². The molecule has 5 rings (SSSR count). The molecular formula is C21H14N4O3. The first-order chi connectivity index (χ1) is 13.7. The number of nitrogens with zero attached hydrogens (tertiary/aromatic N) is 4. The molecule has 0 radical (unpaired) electrons. The SMILES string of the molecule is Cc1ccc(-c2oc(-c3cnco3)nc2-n2ccc3cccnc3c2=O)cc1. The zero-order valence-corrected chi connectivity index (χ0v) is 14.9. The molecule has 0 saturated heterocycles. The minimum Gasteiger partial charge on any atom is -0.438 e. The maximum absolute atomic E-state index is 13.0. The van der Waals surface area contributed by atoms with Gasteiger partial charge in [0.1, 0.15) is 5.52 Å². The van der Waals surface area contributed by atoms with Crippen LogP contribution in [-0.4, -0.2) is 19.5 Å². The summed E-state index contributed by atoms with van der Waals surface area (Å²) >= 11 is 0. The summed E-state index contributed by atoms with van der Waals surface area (Å²) in [6, 6.07) is 13.3. The van der Waals surface area contributed by atoms with Gasteiger partial charge in [-0.15, -0.1) is 0 Å². The number of fused-ring (bicyclic) bond motifs is 1. The highest BCUT2D eigenvalue weighted by molar-refractivity contribution is 5.78. The lowest BCUT2D eigenvalue weighted by atomic mass is 10.1. The van der Waals surface area contributed by atoms with Crippen LogP contribution in [0.25, 0.3) is 39.7 Å². The van der Waals surface area contributed by atoms with Crippen molar-refractivity contribution < 1.29 is 8.83 Å². The van der Waals surface area contributed by atoms with Gasteiger partial charge in [0.2, 0.25) is 5.76 Å². The van der Waals surface area contributed by atoms with Crippen molar-refractivity contribution >= 4 is 10.9 Å². The first kappa shape index (κ1) is 16.2. The van der Waals surface area contributed by atoms with Crippen molar-refractivity contribution in [3.63, 3.8) is 0 Å². The zero-order chi connectivity index (χ0) is 19.1. The lowest BCUT2D eigenvalue weighted by Gasteiger charge is -2.06. The molecule has 7 heteroatoms. The van der Waals surface area contributed by atoms with Gasteiger partial charge in [-0.1, -0.05) is 35.9 Å². The molecule has 0 atom stereocenters. The van der Waals surface area contributed by atoms with Gasteiger partial charge in [-0.25, -0.2) is 4.98 Å². The molecule has 0 N–H and O–H groups in total. The van der Waals surface area contributed by atoms with Crippen LogP contribution >= 0.6 is 0 Å². The number of rotatable bonds is 3. The van der Waals surface area contributed by atoms with Gasteiger partial charge in [-0.05, 0) is 19.1 Å². The van der Waals surface area contributed by atoms with Crippen molar-refractivity contribution in [2.45, 2.75) is 6.92 Å². The first-order valence-electron chi connectivity index (χ1n) is 8.64. The van der Waals surface area contributed by atoms with Crippen LogP contribution in [0.5, 0.6) is 0 Å². The van der Waals surface area contributed by atoms with Crippen LogP contribution in [0.15, 0.2) is 81.1 Å². The molecule has 4 heterocycles. The topological polar surface area (TPSA) is 86.9 Å². The van der Waals surface area contributed by atoms with E-state index in [1.807, 2.05) is 43.3 Å². The number of oxazole rings is 2. The van der Waals surface area contributed by atoms with E-state index in [1.165, 1.54) is 17.2 Å². The van der Waals surface area contributed by atoms with Crippen molar-refractivity contribution in [1.29, 1.82) is 0 Å². The molecule has 0 aliphatic heterocycles. The van der Waals surface area contributed by atoms with Crippen molar-refractivity contribution in [3.05, 3.63) is 83.4 Å². The molecule has 0 spiro atoms. The van der Waals surface area contributed by atoms with Crippen LogP contribution in [0.2, 0.25) is 0 Å². The zero-order valence-electron chi connectivity index (χ0n) is 14.9. The Morgan fingerprint density at radius 2 is 1.93 bits per heavy atom. The summed E-state index contributed by atoms with van der Waals surface area (Å²) in [7, 11) is 0. The number of hydrogen-bond acceptors (Lipinski definition) is 6. The maximum atomic E-state index is 13.0. The van der Waals surface area contributed by atoms with Crippen LogP contribution in [0, 0.1) is 6.92 Å². The third kappa shape index (κ3) is 2.61. The van der Waals surface area contributed by atoms with Gasteiger partial charge in [0.15, 0.2) is 18.0 Å². The van der Waals surface area contributed by atoms with Crippen LogP contribution in [0.3, 0.4) is 0 Å². The minimum absolute atomic E-state index is 0.246. The van der Waals surface area contributed by atoms with E-state index in [0.29, 0.717) is 22.9 Å². The fourth-order valence-corrected chi connectivity index (χ4v) is 3.03. The van der Waals surface area contributed by atoms with Crippen molar-refractivity contribution in [2.24, 2.45) is 0 Å². The summed E-state index contributed by atoms with van der Waals surface area (Å²) in [5, 5.41) is 0.764. The Morgan fingerprint density at radius 1 is 1.07 bits per heavy atom. The Hall–Kier alpha value is -4.00. The van der Waals surface area contributed by atoms with E-state index in [0.717, 1.165) is 16.5 Å². The van der Waals surface area contributed by atoms with Gasteiger partial charge in [0, 0.05) is 23.3 Å². The predicted octanol–water partition coefficient (Wildman–Crippen LogP) is 4.00. The second-order valence-electron chi connectivity index (χ2n) is 6.34. The average molecular weight is 370 g/mol. The van der Waals surface area contributed by atoms with Crippen molar-refractivity contribution in [1.82, 2.24) is 19.5 Å². The number of aromatic nitrogens is 4. The van der Waals surface area contributed by atoms with E-state index in [1.54, 1.807) is 18.5 Å². The van der Waals surface area contributed by atoms with Gasteiger partial charge >= 0.3 is 0 Å². The lowest BCUT2D eigenvalue weighted by molar-refractivity contribution is 0.520. The van der Waals surface area contributed by atoms with E-state index in [9.17, 15) is 4.79 Å². The van der Waals surface area contributed by atoms with E-state index in [4.69, 9.17) is 8.83 Å². The molecule has 5 aromatic rings. The molecule has 0 aliphatic rings. The van der Waals surface area contributed by atoms with Gasteiger partial charge < -0.3 is 8.83 Å². The third-order valence-corrected chi connectivity index (χ3v) is 4.46. The summed E-state index contributed by atoms with van der Waals surface area (Å²) in [5.41, 5.74) is 2.01.